The molecular formula is C7H4BrNOS. The summed E-state index contributed by atoms with van der Waals surface area (Å²) in [7, 11) is 0. The Hall–Kier alpha value is -0.700. The molecule has 0 spiro atoms. The Morgan fingerprint density at radius 1 is 1.64 bits per heavy atom. The molecule has 0 unspecified atom stereocenters. The highest BCUT2D eigenvalue weighted by molar-refractivity contribution is 9.11. The summed E-state index contributed by atoms with van der Waals surface area (Å²) < 4.78 is 1.06. The fourth-order valence-corrected chi connectivity index (χ4v) is 1.88. The fraction of sp³-hybridized carbons (Fsp3) is 0. The maximum atomic E-state index is 9.65. The molecule has 0 bridgehead atoms. The summed E-state index contributed by atoms with van der Waals surface area (Å²) in [5.41, 5.74) is 0. The van der Waals surface area contributed by atoms with Gasteiger partial charge >= 0.3 is 0 Å². The molecule has 56 valence electrons. The van der Waals surface area contributed by atoms with Crippen LogP contribution >= 0.6 is 27.3 Å². The third-order valence-electron chi connectivity index (χ3n) is 0.960. The molecule has 0 N–H and O–H groups in total. The normalized spacial score (nSPS) is 9.91. The maximum absolute atomic E-state index is 9.65. The van der Waals surface area contributed by atoms with Crippen LogP contribution in [-0.2, 0) is 4.79 Å². The summed E-state index contributed by atoms with van der Waals surface area (Å²) >= 11 is 4.90. The number of hydrogen-bond donors (Lipinski definition) is 0. The Morgan fingerprint density at radius 2 is 2.45 bits per heavy atom. The average Bonchev–Trinajstić information content (AvgIpc) is 2.37. The minimum absolute atomic E-state index is 1.05. The lowest BCUT2D eigenvalue weighted by Crippen LogP contribution is -1.53. The van der Waals surface area contributed by atoms with Crippen molar-refractivity contribution in [1.82, 2.24) is 0 Å². The molecule has 2 nitrogen and oxygen atoms in total. The van der Waals surface area contributed by atoms with E-state index >= 15 is 0 Å². The Kier molecular flexibility index (Phi) is 3.23. The van der Waals surface area contributed by atoms with Gasteiger partial charge in [-0.15, -0.1) is 11.3 Å². The first kappa shape index (κ1) is 8.40. The van der Waals surface area contributed by atoms with Crippen LogP contribution in [0, 0.1) is 0 Å². The van der Waals surface area contributed by atoms with E-state index in [4.69, 9.17) is 0 Å². The van der Waals surface area contributed by atoms with Crippen molar-refractivity contribution in [2.24, 2.45) is 4.99 Å². The van der Waals surface area contributed by atoms with Gasteiger partial charge in [-0.1, -0.05) is 0 Å². The second kappa shape index (κ2) is 4.23. The molecule has 0 radical (unpaired) electrons. The van der Waals surface area contributed by atoms with Crippen LogP contribution in [0.25, 0.3) is 6.08 Å². The van der Waals surface area contributed by atoms with E-state index in [0.717, 1.165) is 8.66 Å². The van der Waals surface area contributed by atoms with Crippen molar-refractivity contribution in [2.75, 3.05) is 0 Å². The number of carbonyl (C=O) groups excluding carboxylic acids is 1. The van der Waals surface area contributed by atoms with Crippen LogP contribution < -0.4 is 0 Å². The Bertz CT molecular complexity index is 312. The first-order chi connectivity index (χ1) is 5.33. The van der Waals surface area contributed by atoms with Crippen molar-refractivity contribution < 1.29 is 4.79 Å². The van der Waals surface area contributed by atoms with Crippen molar-refractivity contribution >= 4 is 39.4 Å². The molecule has 1 heterocycles. The average molecular weight is 230 g/mol. The Morgan fingerprint density at radius 3 is 3.00 bits per heavy atom. The van der Waals surface area contributed by atoms with Gasteiger partial charge < -0.3 is 0 Å². The molecule has 0 fully saturated rings. The molecule has 1 aromatic rings. The van der Waals surface area contributed by atoms with Crippen LogP contribution in [0.2, 0.25) is 0 Å². The van der Waals surface area contributed by atoms with E-state index in [0.29, 0.717) is 0 Å². The molecular weight excluding hydrogens is 226 g/mol. The lowest BCUT2D eigenvalue weighted by atomic mass is 10.5. The molecule has 1 aromatic heterocycles. The molecule has 11 heavy (non-hydrogen) atoms. The van der Waals surface area contributed by atoms with E-state index in [2.05, 4.69) is 20.9 Å². The zero-order chi connectivity index (χ0) is 8.10. The number of isocyanates is 1. The predicted octanol–water partition coefficient (Wildman–Crippen LogP) is 2.82. The second-order valence-corrected chi connectivity index (χ2v) is 4.17. The number of hydrogen-bond acceptors (Lipinski definition) is 3. The molecule has 0 amide bonds. The highest BCUT2D eigenvalue weighted by Gasteiger charge is 1.90. The van der Waals surface area contributed by atoms with Gasteiger partial charge in [-0.2, -0.15) is 4.99 Å². The van der Waals surface area contributed by atoms with Crippen molar-refractivity contribution in [2.45, 2.75) is 0 Å². The van der Waals surface area contributed by atoms with Gasteiger partial charge in [0.2, 0.25) is 6.08 Å². The van der Waals surface area contributed by atoms with Crippen LogP contribution in [0.15, 0.2) is 27.1 Å². The fourth-order valence-electron chi connectivity index (χ4n) is 0.559. The zero-order valence-electron chi connectivity index (χ0n) is 5.45. The summed E-state index contributed by atoms with van der Waals surface area (Å²) in [4.78, 5) is 14.0. The van der Waals surface area contributed by atoms with Crippen LogP contribution in [0.4, 0.5) is 0 Å². The van der Waals surface area contributed by atoms with Crippen LogP contribution in [0.3, 0.4) is 0 Å². The Balaban J connectivity index is 2.71. The van der Waals surface area contributed by atoms with E-state index in [1.54, 1.807) is 17.4 Å². The minimum Gasteiger partial charge on any atom is -0.211 e. The van der Waals surface area contributed by atoms with Crippen molar-refractivity contribution in [1.29, 1.82) is 0 Å². The highest BCUT2D eigenvalue weighted by Crippen LogP contribution is 2.22. The Labute approximate surface area is 76.4 Å². The monoisotopic (exact) mass is 229 g/mol. The molecule has 0 saturated carbocycles. The topological polar surface area (TPSA) is 29.4 Å². The van der Waals surface area contributed by atoms with E-state index in [1.165, 1.54) is 12.3 Å². The lowest BCUT2D eigenvalue weighted by Gasteiger charge is -1.76. The van der Waals surface area contributed by atoms with Crippen molar-refractivity contribution in [3.05, 3.63) is 27.0 Å². The number of halogens is 1. The van der Waals surface area contributed by atoms with Gasteiger partial charge in [0.1, 0.15) is 0 Å². The maximum Gasteiger partial charge on any atom is 0.239 e. The van der Waals surface area contributed by atoms with Gasteiger partial charge in [0.15, 0.2) is 0 Å². The lowest BCUT2D eigenvalue weighted by molar-refractivity contribution is 0.565. The second-order valence-electron chi connectivity index (χ2n) is 1.68. The summed E-state index contributed by atoms with van der Waals surface area (Å²) in [5, 5.41) is 0. The molecule has 0 atom stereocenters. The molecule has 0 saturated heterocycles. The van der Waals surface area contributed by atoms with Crippen molar-refractivity contribution in [3.63, 3.8) is 0 Å². The minimum atomic E-state index is 1.05. The van der Waals surface area contributed by atoms with Crippen molar-refractivity contribution in [3.8, 4) is 0 Å². The van der Waals surface area contributed by atoms with Crippen LogP contribution in [-0.4, -0.2) is 6.08 Å². The largest absolute Gasteiger partial charge is 0.239 e. The van der Waals surface area contributed by atoms with Gasteiger partial charge in [-0.05, 0) is 34.1 Å². The quantitative estimate of drug-likeness (QED) is 0.567. The summed E-state index contributed by atoms with van der Waals surface area (Å²) in [6, 6.07) is 3.88. The number of rotatable bonds is 2. The van der Waals surface area contributed by atoms with Gasteiger partial charge in [0, 0.05) is 11.1 Å². The van der Waals surface area contributed by atoms with E-state index in [-0.39, 0.29) is 0 Å². The molecule has 0 aliphatic heterocycles. The predicted molar refractivity (Wildman–Crippen MR) is 49.2 cm³/mol. The third kappa shape index (κ3) is 2.80. The number of aliphatic imine (C=N–C) groups is 1. The highest BCUT2D eigenvalue weighted by atomic mass is 79.9. The standard InChI is InChI=1S/C7H4BrNOS/c8-7-2-1-6(11-7)3-4-9-5-10/h1-4H. The summed E-state index contributed by atoms with van der Waals surface area (Å²) in [6.07, 6.45) is 4.60. The van der Waals surface area contributed by atoms with E-state index in [9.17, 15) is 4.79 Å². The van der Waals surface area contributed by atoms with Gasteiger partial charge in [0.25, 0.3) is 0 Å². The zero-order valence-corrected chi connectivity index (χ0v) is 7.85. The van der Waals surface area contributed by atoms with E-state index < -0.39 is 0 Å². The molecule has 4 heteroatoms. The number of nitrogens with zero attached hydrogens (tertiary/aromatic N) is 1. The molecule has 0 aliphatic carbocycles. The first-order valence-electron chi connectivity index (χ1n) is 2.82. The summed E-state index contributed by atoms with van der Waals surface area (Å²) in [5.74, 6) is 0. The van der Waals surface area contributed by atoms with E-state index in [1.807, 2.05) is 12.1 Å². The molecule has 0 aliphatic rings. The molecule has 1 rings (SSSR count). The SMILES string of the molecule is O=C=NC=Cc1ccc(Br)s1. The number of thiophene rings is 1. The van der Waals surface area contributed by atoms with Gasteiger partial charge in [-0.25, -0.2) is 4.79 Å². The summed E-state index contributed by atoms with van der Waals surface area (Å²) in [6.45, 7) is 0. The van der Waals surface area contributed by atoms with Gasteiger partial charge in [-0.3, -0.25) is 0 Å². The molecule has 0 aromatic carbocycles. The van der Waals surface area contributed by atoms with Gasteiger partial charge in [0.05, 0.1) is 3.79 Å². The van der Waals surface area contributed by atoms with Crippen LogP contribution in [0.5, 0.6) is 0 Å². The third-order valence-corrected chi connectivity index (χ3v) is 2.55. The first-order valence-corrected chi connectivity index (χ1v) is 4.43. The smallest absolute Gasteiger partial charge is 0.211 e. The van der Waals surface area contributed by atoms with Crippen LogP contribution in [0.1, 0.15) is 4.88 Å².